The number of nitrogens with zero attached hydrogens (tertiary/aromatic N) is 3. The van der Waals surface area contributed by atoms with Crippen LogP contribution in [0.2, 0.25) is 0 Å². The monoisotopic (exact) mass is 644 g/mol. The molecule has 0 atom stereocenters. The third-order valence-corrected chi connectivity index (χ3v) is 9.88. The Morgan fingerprint density at radius 1 is 0.967 bits per heavy atom. The van der Waals surface area contributed by atoms with Crippen LogP contribution < -0.4 is 4.90 Å². The van der Waals surface area contributed by atoms with Gasteiger partial charge in [0.25, 0.3) is 0 Å². The van der Waals surface area contributed by atoms with Gasteiger partial charge in [0.2, 0.25) is 0 Å². The Hall–Kier alpha value is -1.80. The molecule has 1 aromatic heterocycles. The Labute approximate surface area is 201 Å². The topological polar surface area (TPSA) is 53.0 Å². The summed E-state index contributed by atoms with van der Waals surface area (Å²) < 4.78 is 2.72. The standard InChI is InChI=1S/C22H14N3O2STe2/c1-24-21(27)14(20(26)23-22(24)29)12-13-10-11-19(30-13)25-15-6-2-4-8-17(15)28-18-9-5-3-7-16(18)25/h2-12H,1H3/b14-12+. The molecule has 3 heterocycles. The summed E-state index contributed by atoms with van der Waals surface area (Å²) in [4.78, 5) is 35.1. The molecule has 0 unspecified atom stereocenters. The van der Waals surface area contributed by atoms with E-state index in [2.05, 4.69) is 64.5 Å². The van der Waals surface area contributed by atoms with Crippen LogP contribution in [0.1, 0.15) is 3.58 Å². The number of likely N-dealkylation sites (N-methyl/N-ethyl adjacent to an activating group) is 1. The Balaban J connectivity index is 1.57. The van der Waals surface area contributed by atoms with Crippen LogP contribution in [0.5, 0.6) is 0 Å². The first-order chi connectivity index (χ1) is 14.5. The molecule has 0 saturated heterocycles. The van der Waals surface area contributed by atoms with Crippen LogP contribution in [0.4, 0.5) is 15.1 Å². The van der Waals surface area contributed by atoms with Crippen molar-refractivity contribution in [1.29, 1.82) is 0 Å². The predicted molar refractivity (Wildman–Crippen MR) is 121 cm³/mol. The molecule has 0 spiro atoms. The number of aliphatic imine (C=N–C) groups is 1. The van der Waals surface area contributed by atoms with Gasteiger partial charge in [-0.15, -0.1) is 0 Å². The van der Waals surface area contributed by atoms with E-state index in [0.29, 0.717) is 3.88 Å². The van der Waals surface area contributed by atoms with Crippen molar-refractivity contribution in [3.8, 4) is 0 Å². The molecule has 1 radical (unpaired) electrons. The Morgan fingerprint density at radius 3 is 2.27 bits per heavy atom. The number of hydrogen-bond acceptors (Lipinski definition) is 4. The van der Waals surface area contributed by atoms with Gasteiger partial charge in [-0.1, -0.05) is 0 Å². The molecule has 0 saturated carbocycles. The van der Waals surface area contributed by atoms with E-state index in [0.717, 1.165) is 3.58 Å². The summed E-state index contributed by atoms with van der Waals surface area (Å²) in [6, 6.07) is 21.0. The number of benzene rings is 2. The Bertz CT molecular complexity index is 1220. The molecule has 5 rings (SSSR count). The third-order valence-electron chi connectivity index (χ3n) is 4.80. The van der Waals surface area contributed by atoms with E-state index in [9.17, 15) is 9.59 Å². The summed E-state index contributed by atoms with van der Waals surface area (Å²) in [5.74, 6) is -0.743. The third kappa shape index (κ3) is 3.47. The van der Waals surface area contributed by atoms with Crippen molar-refractivity contribution in [3.63, 3.8) is 0 Å². The summed E-state index contributed by atoms with van der Waals surface area (Å²) in [5, 5.41) is 0. The van der Waals surface area contributed by atoms with E-state index in [1.807, 2.05) is 6.07 Å². The molecule has 2 amide bonds. The average Bonchev–Trinajstić information content (AvgIpc) is 3.21. The molecule has 2 aliphatic heterocycles. The van der Waals surface area contributed by atoms with E-state index in [1.54, 1.807) is 47.2 Å². The summed E-state index contributed by atoms with van der Waals surface area (Å²) in [7, 11) is 1.65. The molecular formula is C22H14N3O2STe2. The number of hydrogen-bond donors (Lipinski definition) is 0. The molecule has 0 N–H and O–H groups in total. The fourth-order valence-electron chi connectivity index (χ4n) is 3.33. The van der Waals surface area contributed by atoms with Gasteiger partial charge in [0.05, 0.1) is 0 Å². The van der Waals surface area contributed by atoms with Gasteiger partial charge in [-0.25, -0.2) is 0 Å². The molecule has 2 aromatic carbocycles. The van der Waals surface area contributed by atoms with E-state index in [-0.39, 0.29) is 11.5 Å². The van der Waals surface area contributed by atoms with E-state index >= 15 is 0 Å². The molecular weight excluding hydrogens is 626 g/mol. The van der Waals surface area contributed by atoms with E-state index in [1.165, 1.54) is 29.8 Å². The zero-order valence-electron chi connectivity index (χ0n) is 15.7. The van der Waals surface area contributed by atoms with Gasteiger partial charge < -0.3 is 0 Å². The Kier molecular flexibility index (Phi) is 5.39. The number of carbonyl (C=O) groups is 2. The molecule has 147 valence electrons. The van der Waals surface area contributed by atoms with Crippen LogP contribution in [-0.2, 0) is 9.59 Å². The van der Waals surface area contributed by atoms with Gasteiger partial charge in [0, 0.05) is 0 Å². The summed E-state index contributed by atoms with van der Waals surface area (Å²) in [6.45, 7) is 0. The second-order valence-electron chi connectivity index (χ2n) is 6.67. The van der Waals surface area contributed by atoms with Gasteiger partial charge in [0.15, 0.2) is 0 Å². The van der Waals surface area contributed by atoms with E-state index in [4.69, 9.17) is 0 Å². The summed E-state index contributed by atoms with van der Waals surface area (Å²) >= 11 is 2.58. The average molecular weight is 640 g/mol. The predicted octanol–water partition coefficient (Wildman–Crippen LogP) is 3.58. The van der Waals surface area contributed by atoms with Gasteiger partial charge in [-0.05, 0) is 0 Å². The number of para-hydroxylation sites is 2. The van der Waals surface area contributed by atoms with Crippen molar-refractivity contribution in [1.82, 2.24) is 4.90 Å². The van der Waals surface area contributed by atoms with Crippen molar-refractivity contribution in [3.05, 3.63) is 69.8 Å². The number of amidine groups is 1. The molecule has 5 nitrogen and oxygen atoms in total. The number of carbonyl (C=O) groups excluding carboxylic acids is 2. The zero-order chi connectivity index (χ0) is 20.8. The molecule has 2 aliphatic rings. The van der Waals surface area contributed by atoms with Crippen LogP contribution >= 0.6 is 11.8 Å². The quantitative estimate of drug-likeness (QED) is 0.191. The number of anilines is 3. The van der Waals surface area contributed by atoms with Gasteiger partial charge in [0.1, 0.15) is 0 Å². The first-order valence-corrected chi connectivity index (χ1v) is 13.4. The molecule has 8 heteroatoms. The van der Waals surface area contributed by atoms with Crippen LogP contribution in [0.25, 0.3) is 6.08 Å². The van der Waals surface area contributed by atoms with Crippen molar-refractivity contribution >= 4 is 91.3 Å². The maximum absolute atomic E-state index is 12.6. The van der Waals surface area contributed by atoms with Crippen LogP contribution in [0.3, 0.4) is 0 Å². The molecule has 0 bridgehead atoms. The molecule has 30 heavy (non-hydrogen) atoms. The Morgan fingerprint density at radius 2 is 1.60 bits per heavy atom. The van der Waals surface area contributed by atoms with Gasteiger partial charge >= 0.3 is 202 Å². The summed E-state index contributed by atoms with van der Waals surface area (Å²) in [5.41, 5.74) is 2.49. The van der Waals surface area contributed by atoms with Crippen molar-refractivity contribution in [2.45, 2.75) is 9.79 Å². The zero-order valence-corrected chi connectivity index (χ0v) is 21.2. The van der Waals surface area contributed by atoms with Crippen molar-refractivity contribution in [2.24, 2.45) is 4.99 Å². The van der Waals surface area contributed by atoms with Crippen LogP contribution in [0.15, 0.2) is 81.0 Å². The van der Waals surface area contributed by atoms with Crippen LogP contribution in [0, 0.1) is 0 Å². The second kappa shape index (κ2) is 8.04. The van der Waals surface area contributed by atoms with Crippen molar-refractivity contribution in [2.75, 3.05) is 11.9 Å². The second-order valence-corrected chi connectivity index (χ2v) is 11.9. The first kappa shape index (κ1) is 20.1. The fraction of sp³-hybridized carbons (Fsp3) is 0.0455. The molecule has 0 fully saturated rings. The maximum atomic E-state index is 12.6. The SMILES string of the molecule is CN1C(=O)/C(=C/c2ccc(N3c4ccccc4Sc4ccccc43)[te]2)C(=O)N=C1[Te]. The summed E-state index contributed by atoms with van der Waals surface area (Å²) in [6.07, 6.45) is 1.74. The number of fused-ring (bicyclic) bond motifs is 2. The number of rotatable bonds is 2. The van der Waals surface area contributed by atoms with Crippen molar-refractivity contribution < 1.29 is 9.59 Å². The minimum absolute atomic E-state index is 0.144. The van der Waals surface area contributed by atoms with Crippen LogP contribution in [-0.4, -0.2) is 70.4 Å². The fourth-order valence-corrected chi connectivity index (χ4v) is 7.65. The van der Waals surface area contributed by atoms with E-state index < -0.39 is 26.3 Å². The normalized spacial score (nSPS) is 17.1. The first-order valence-electron chi connectivity index (χ1n) is 9.08. The van der Waals surface area contributed by atoms with Gasteiger partial charge in [-0.2, -0.15) is 0 Å². The van der Waals surface area contributed by atoms with Gasteiger partial charge in [-0.3, -0.25) is 0 Å². The number of amides is 2. The molecule has 0 aliphatic carbocycles. The minimum atomic E-state index is -0.785. The molecule has 3 aromatic rings.